The Kier molecular flexibility index (Phi) is 8.13. The molecule has 1 aliphatic rings. The number of ether oxygens (including phenoxy) is 3. The molecule has 0 unspecified atom stereocenters. The van der Waals surface area contributed by atoms with E-state index in [4.69, 9.17) is 18.6 Å². The van der Waals surface area contributed by atoms with Gasteiger partial charge in [0.2, 0.25) is 8.32 Å². The van der Waals surface area contributed by atoms with Gasteiger partial charge in [-0.15, -0.1) is 0 Å². The summed E-state index contributed by atoms with van der Waals surface area (Å²) in [7, 11) is -0.702. The smallest absolute Gasteiger partial charge is 0.341 e. The predicted octanol–water partition coefficient (Wildman–Crippen LogP) is 4.45. The molecule has 1 aliphatic heterocycles. The monoisotopic (exact) mass is 438 g/mol. The number of carbonyl (C=O) groups excluding carboxylic acids is 1. The van der Waals surface area contributed by atoms with Crippen LogP contribution in [-0.4, -0.2) is 50.9 Å². The molecule has 6 nitrogen and oxygen atoms in total. The Bertz CT molecular complexity index is 676. The van der Waals surface area contributed by atoms with Gasteiger partial charge in [-0.25, -0.2) is 4.79 Å². The van der Waals surface area contributed by atoms with E-state index in [0.717, 1.165) is 11.3 Å². The van der Waals surface area contributed by atoms with Crippen molar-refractivity contribution in [2.24, 2.45) is 0 Å². The normalized spacial score (nSPS) is 24.7. The van der Waals surface area contributed by atoms with Crippen molar-refractivity contribution in [3.8, 4) is 5.75 Å². The molecular weight excluding hydrogens is 400 g/mol. The summed E-state index contributed by atoms with van der Waals surface area (Å²) in [5.74, 6) is 0.134. The van der Waals surface area contributed by atoms with E-state index in [1.807, 2.05) is 24.3 Å². The first-order chi connectivity index (χ1) is 14.0. The van der Waals surface area contributed by atoms with Crippen molar-refractivity contribution < 1.29 is 28.5 Å². The van der Waals surface area contributed by atoms with Gasteiger partial charge in [-0.3, -0.25) is 0 Å². The van der Waals surface area contributed by atoms with Gasteiger partial charge in [0, 0.05) is 0 Å². The van der Waals surface area contributed by atoms with Gasteiger partial charge in [0.25, 0.3) is 0 Å². The molecule has 1 saturated heterocycles. The third-order valence-electron chi connectivity index (χ3n) is 6.31. The maximum absolute atomic E-state index is 12.4. The molecule has 0 saturated carbocycles. The average molecular weight is 439 g/mol. The lowest BCUT2D eigenvalue weighted by Crippen LogP contribution is -2.57. The topological polar surface area (TPSA) is 74.2 Å². The molecule has 170 valence electrons. The molecule has 1 aromatic carbocycles. The van der Waals surface area contributed by atoms with Crippen LogP contribution in [0.2, 0.25) is 16.6 Å². The van der Waals surface area contributed by atoms with E-state index in [1.165, 1.54) is 6.92 Å². The van der Waals surface area contributed by atoms with Crippen LogP contribution in [0.15, 0.2) is 24.3 Å². The Morgan fingerprint density at radius 3 is 2.07 bits per heavy atom. The van der Waals surface area contributed by atoms with Gasteiger partial charge < -0.3 is 23.7 Å². The van der Waals surface area contributed by atoms with Crippen molar-refractivity contribution in [2.45, 2.75) is 89.5 Å². The van der Waals surface area contributed by atoms with Crippen LogP contribution < -0.4 is 4.74 Å². The zero-order valence-corrected chi connectivity index (χ0v) is 20.6. The number of rotatable bonds is 10. The molecule has 0 radical (unpaired) electrons. The van der Waals surface area contributed by atoms with Crippen molar-refractivity contribution in [3.05, 3.63) is 29.8 Å². The van der Waals surface area contributed by atoms with Gasteiger partial charge in [0.1, 0.15) is 11.9 Å². The van der Waals surface area contributed by atoms with E-state index in [0.29, 0.717) is 23.2 Å². The molecule has 3 atom stereocenters. The molecular formula is C23H38O6Si. The number of aliphatic hydroxyl groups is 1. The van der Waals surface area contributed by atoms with Crippen LogP contribution in [0.5, 0.6) is 5.75 Å². The van der Waals surface area contributed by atoms with Crippen LogP contribution in [-0.2, 0) is 25.3 Å². The predicted molar refractivity (Wildman–Crippen MR) is 119 cm³/mol. The lowest BCUT2D eigenvalue weighted by molar-refractivity contribution is -0.155. The number of hydrogen-bond acceptors (Lipinski definition) is 6. The van der Waals surface area contributed by atoms with Crippen molar-refractivity contribution >= 4 is 14.3 Å². The molecule has 1 heterocycles. The molecule has 0 amide bonds. The van der Waals surface area contributed by atoms with E-state index in [2.05, 4.69) is 41.5 Å². The summed E-state index contributed by atoms with van der Waals surface area (Å²) in [6, 6.07) is 7.60. The number of esters is 1. The summed E-state index contributed by atoms with van der Waals surface area (Å²) in [4.78, 5) is 12.4. The molecule has 0 spiro atoms. The van der Waals surface area contributed by atoms with Crippen molar-refractivity contribution in [2.75, 3.05) is 13.7 Å². The highest BCUT2D eigenvalue weighted by Gasteiger charge is 2.59. The second-order valence-corrected chi connectivity index (χ2v) is 14.7. The zero-order chi connectivity index (χ0) is 22.7. The third-order valence-corrected chi connectivity index (χ3v) is 12.4. The summed E-state index contributed by atoms with van der Waals surface area (Å²) in [6.45, 7) is 15.1. The van der Waals surface area contributed by atoms with Crippen LogP contribution in [0.4, 0.5) is 0 Å². The zero-order valence-electron chi connectivity index (χ0n) is 19.6. The van der Waals surface area contributed by atoms with E-state index in [1.54, 1.807) is 7.11 Å². The quantitative estimate of drug-likeness (QED) is 0.430. The summed E-state index contributed by atoms with van der Waals surface area (Å²) in [5.41, 5.74) is 0.268. The maximum Gasteiger partial charge on any atom is 0.341 e. The van der Waals surface area contributed by atoms with Crippen LogP contribution in [0.1, 0.15) is 54.0 Å². The second kappa shape index (κ2) is 9.81. The van der Waals surface area contributed by atoms with E-state index < -0.39 is 32.1 Å². The fourth-order valence-electron chi connectivity index (χ4n) is 4.75. The Hall–Kier alpha value is -1.41. The van der Waals surface area contributed by atoms with Gasteiger partial charge in [-0.1, -0.05) is 53.7 Å². The maximum atomic E-state index is 12.4. The molecule has 2 rings (SSSR count). The standard InChI is InChI=1S/C23H38O6Si/c1-15(2)30(16(3)4,17(5)6)29-21-20(28-22(24)23(21,7)25)14-27-13-18-9-11-19(26-8)12-10-18/h9-12,15-17,20-21,25H,13-14H2,1-8H3/t20-,21-,23+/m1/s1. The average Bonchev–Trinajstić information content (AvgIpc) is 2.87. The molecule has 0 aliphatic carbocycles. The summed E-state index contributed by atoms with van der Waals surface area (Å²) in [6.07, 6.45) is -1.39. The molecule has 0 aromatic heterocycles. The Morgan fingerprint density at radius 2 is 1.60 bits per heavy atom. The van der Waals surface area contributed by atoms with Crippen molar-refractivity contribution in [1.82, 2.24) is 0 Å². The van der Waals surface area contributed by atoms with E-state index in [9.17, 15) is 9.90 Å². The van der Waals surface area contributed by atoms with Crippen LogP contribution >= 0.6 is 0 Å². The van der Waals surface area contributed by atoms with Gasteiger partial charge in [-0.05, 0) is 41.2 Å². The molecule has 30 heavy (non-hydrogen) atoms. The summed E-state index contributed by atoms with van der Waals surface area (Å²) < 4.78 is 23.3. The van der Waals surface area contributed by atoms with Crippen molar-refractivity contribution in [1.29, 1.82) is 0 Å². The summed E-state index contributed by atoms with van der Waals surface area (Å²) in [5, 5.41) is 10.9. The Morgan fingerprint density at radius 1 is 1.07 bits per heavy atom. The largest absolute Gasteiger partial charge is 0.497 e. The Labute approximate surface area is 182 Å². The van der Waals surface area contributed by atoms with Gasteiger partial charge in [0.05, 0.1) is 20.3 Å². The number of carbonyl (C=O) groups is 1. The third kappa shape index (κ3) is 4.90. The number of benzene rings is 1. The van der Waals surface area contributed by atoms with Crippen LogP contribution in [0.3, 0.4) is 0 Å². The van der Waals surface area contributed by atoms with Gasteiger partial charge >= 0.3 is 5.97 Å². The highest BCUT2D eigenvalue weighted by molar-refractivity contribution is 6.77. The Balaban J connectivity index is 2.16. The fraction of sp³-hybridized carbons (Fsp3) is 0.696. The van der Waals surface area contributed by atoms with E-state index >= 15 is 0 Å². The van der Waals surface area contributed by atoms with Crippen LogP contribution in [0.25, 0.3) is 0 Å². The molecule has 0 bridgehead atoms. The van der Waals surface area contributed by atoms with E-state index in [-0.39, 0.29) is 6.61 Å². The summed E-state index contributed by atoms with van der Waals surface area (Å²) >= 11 is 0. The molecule has 1 fully saturated rings. The SMILES string of the molecule is COc1ccc(COC[C@H]2OC(=O)[C@@](C)(O)[C@@H]2O[Si](C(C)C)(C(C)C)C(C)C)cc1. The van der Waals surface area contributed by atoms with Crippen molar-refractivity contribution in [3.63, 3.8) is 0 Å². The lowest BCUT2D eigenvalue weighted by Gasteiger charge is -2.45. The first-order valence-corrected chi connectivity index (χ1v) is 12.9. The minimum absolute atomic E-state index is 0.164. The van der Waals surface area contributed by atoms with Gasteiger partial charge in [-0.2, -0.15) is 0 Å². The first kappa shape index (κ1) is 24.9. The molecule has 7 heteroatoms. The van der Waals surface area contributed by atoms with Gasteiger partial charge in [0.15, 0.2) is 11.7 Å². The van der Waals surface area contributed by atoms with Crippen LogP contribution in [0, 0.1) is 0 Å². The molecule has 1 aromatic rings. The fourth-order valence-corrected chi connectivity index (χ4v) is 10.4. The minimum Gasteiger partial charge on any atom is -0.497 e. The highest BCUT2D eigenvalue weighted by atomic mass is 28.4. The first-order valence-electron chi connectivity index (χ1n) is 10.8. The lowest BCUT2D eigenvalue weighted by atomic mass is 9.99. The second-order valence-electron chi connectivity index (χ2n) is 9.31. The number of cyclic esters (lactones) is 1. The minimum atomic E-state index is -2.33. The number of methoxy groups -OCH3 is 1. The highest BCUT2D eigenvalue weighted by Crippen LogP contribution is 2.45. The molecule has 1 N–H and O–H groups in total. The number of hydrogen-bond donors (Lipinski definition) is 1.